The van der Waals surface area contributed by atoms with Gasteiger partial charge in [-0.3, -0.25) is 19.1 Å². The summed E-state index contributed by atoms with van der Waals surface area (Å²) in [5.74, 6) is -4.98. The molecule has 2 atom stereocenters. The summed E-state index contributed by atoms with van der Waals surface area (Å²) >= 11 is 0. The largest absolute Gasteiger partial charge is 0.481 e. The van der Waals surface area contributed by atoms with Gasteiger partial charge in [0.1, 0.15) is 6.04 Å². The molecule has 202 valence electrons. The van der Waals surface area contributed by atoms with Crippen LogP contribution in [0.1, 0.15) is 59.8 Å². The van der Waals surface area contributed by atoms with Gasteiger partial charge in [-0.05, 0) is 60.6 Å². The van der Waals surface area contributed by atoms with E-state index in [9.17, 15) is 23.9 Å². The normalized spacial score (nSPS) is 12.7. The zero-order valence-electron chi connectivity index (χ0n) is 22.0. The van der Waals surface area contributed by atoms with Crippen LogP contribution in [0, 0.1) is 31.4 Å². The molecule has 10 heteroatoms. The second-order valence-corrected chi connectivity index (χ2v) is 9.85. The Morgan fingerprint density at radius 3 is 2.29 bits per heavy atom. The van der Waals surface area contributed by atoms with Gasteiger partial charge in [0.05, 0.1) is 24.2 Å². The maximum Gasteiger partial charge on any atom is 0.305 e. The number of hydrogen-bond donors (Lipinski definition) is 3. The minimum Gasteiger partial charge on any atom is -0.481 e. The van der Waals surface area contributed by atoms with Crippen molar-refractivity contribution in [3.8, 4) is 11.1 Å². The molecule has 0 saturated heterocycles. The molecule has 0 unspecified atom stereocenters. The molecule has 0 aliphatic rings. The van der Waals surface area contributed by atoms with Crippen molar-refractivity contribution >= 4 is 17.8 Å². The Kier molecular flexibility index (Phi) is 8.98. The van der Waals surface area contributed by atoms with Crippen LogP contribution in [-0.4, -0.2) is 38.7 Å². The van der Waals surface area contributed by atoms with E-state index in [1.54, 1.807) is 7.05 Å². The number of carbonyl (C=O) groups is 3. The standard InChI is InChI=1S/C28H32F2N4O4/c1-15(2)9-23(33-27(37)19-13-31-34(5)14-19)28(38)32-22(12-24(35)36)20-10-18(11-21(29)26(20)30)25-16(3)7-6-8-17(25)4/h6-8,10-11,13-15,22-23H,9,12H2,1-5H3,(H,32,38)(H,33,37)(H,35,36)/t22-,23-/m0/s1. The fraction of sp³-hybridized carbons (Fsp3) is 0.357. The molecular formula is C28H32F2N4O4. The van der Waals surface area contributed by atoms with E-state index in [1.807, 2.05) is 45.9 Å². The van der Waals surface area contributed by atoms with Gasteiger partial charge in [-0.15, -0.1) is 0 Å². The Labute approximate surface area is 220 Å². The highest BCUT2D eigenvalue weighted by atomic mass is 19.2. The van der Waals surface area contributed by atoms with Crippen LogP contribution in [0.15, 0.2) is 42.7 Å². The summed E-state index contributed by atoms with van der Waals surface area (Å²) in [6.07, 6.45) is 2.38. The molecule has 0 fully saturated rings. The number of nitrogens with zero attached hydrogens (tertiary/aromatic N) is 2. The zero-order valence-corrected chi connectivity index (χ0v) is 22.0. The highest BCUT2D eigenvalue weighted by Crippen LogP contribution is 2.33. The predicted octanol–water partition coefficient (Wildman–Crippen LogP) is 4.46. The number of benzene rings is 2. The van der Waals surface area contributed by atoms with Gasteiger partial charge in [0.25, 0.3) is 5.91 Å². The summed E-state index contributed by atoms with van der Waals surface area (Å²) < 4.78 is 31.4. The Balaban J connectivity index is 1.98. The fourth-order valence-electron chi connectivity index (χ4n) is 4.45. The number of rotatable bonds is 10. The van der Waals surface area contributed by atoms with E-state index in [4.69, 9.17) is 0 Å². The Bertz CT molecular complexity index is 1330. The quantitative estimate of drug-likeness (QED) is 0.361. The minimum atomic E-state index is -1.39. The molecule has 38 heavy (non-hydrogen) atoms. The van der Waals surface area contributed by atoms with E-state index in [0.29, 0.717) is 11.1 Å². The van der Waals surface area contributed by atoms with E-state index in [2.05, 4.69) is 15.7 Å². The smallest absolute Gasteiger partial charge is 0.305 e. The van der Waals surface area contributed by atoms with Gasteiger partial charge in [0.2, 0.25) is 5.91 Å². The van der Waals surface area contributed by atoms with Crippen LogP contribution in [0.25, 0.3) is 11.1 Å². The van der Waals surface area contributed by atoms with Crippen molar-refractivity contribution in [2.24, 2.45) is 13.0 Å². The summed E-state index contributed by atoms with van der Waals surface area (Å²) in [5.41, 5.74) is 2.66. The van der Waals surface area contributed by atoms with Gasteiger partial charge in [-0.1, -0.05) is 32.0 Å². The number of carboxylic acids is 1. The number of aryl methyl sites for hydroxylation is 3. The van der Waals surface area contributed by atoms with Crippen molar-refractivity contribution in [1.82, 2.24) is 20.4 Å². The average Bonchev–Trinajstić information content (AvgIpc) is 3.26. The highest BCUT2D eigenvalue weighted by molar-refractivity contribution is 5.97. The van der Waals surface area contributed by atoms with Crippen molar-refractivity contribution in [3.63, 3.8) is 0 Å². The topological polar surface area (TPSA) is 113 Å². The number of nitrogens with one attached hydrogen (secondary N) is 2. The average molecular weight is 527 g/mol. The van der Waals surface area contributed by atoms with Crippen molar-refractivity contribution in [3.05, 3.63) is 76.6 Å². The molecule has 1 aromatic heterocycles. The van der Waals surface area contributed by atoms with Crippen LogP contribution >= 0.6 is 0 Å². The molecule has 1 heterocycles. The summed E-state index contributed by atoms with van der Waals surface area (Å²) in [7, 11) is 1.64. The van der Waals surface area contributed by atoms with E-state index in [1.165, 1.54) is 23.1 Å². The number of amides is 2. The van der Waals surface area contributed by atoms with Crippen LogP contribution < -0.4 is 10.6 Å². The monoisotopic (exact) mass is 526 g/mol. The molecule has 0 bridgehead atoms. The number of carboxylic acid groups (broad SMARTS) is 1. The molecule has 2 amide bonds. The third-order valence-corrected chi connectivity index (χ3v) is 6.19. The van der Waals surface area contributed by atoms with Gasteiger partial charge in [-0.25, -0.2) is 8.78 Å². The molecule has 3 rings (SSSR count). The van der Waals surface area contributed by atoms with Gasteiger partial charge in [0.15, 0.2) is 11.6 Å². The molecule has 8 nitrogen and oxygen atoms in total. The van der Waals surface area contributed by atoms with Crippen LogP contribution in [0.5, 0.6) is 0 Å². The van der Waals surface area contributed by atoms with Crippen LogP contribution in [0.4, 0.5) is 8.78 Å². The van der Waals surface area contributed by atoms with E-state index in [0.717, 1.165) is 17.2 Å². The summed E-state index contributed by atoms with van der Waals surface area (Å²) in [5, 5.41) is 18.7. The Morgan fingerprint density at radius 1 is 1.08 bits per heavy atom. The molecule has 3 aromatic rings. The lowest BCUT2D eigenvalue weighted by Gasteiger charge is -2.25. The van der Waals surface area contributed by atoms with Gasteiger partial charge in [-0.2, -0.15) is 5.10 Å². The first-order valence-corrected chi connectivity index (χ1v) is 12.2. The molecule has 2 aromatic carbocycles. The molecule has 0 radical (unpaired) electrons. The summed E-state index contributed by atoms with van der Waals surface area (Å²) in [6.45, 7) is 7.38. The second kappa shape index (κ2) is 12.0. The number of hydrogen-bond acceptors (Lipinski definition) is 4. The first-order chi connectivity index (χ1) is 17.9. The minimum absolute atomic E-state index is 0.0144. The number of aromatic nitrogens is 2. The fourth-order valence-corrected chi connectivity index (χ4v) is 4.45. The van der Waals surface area contributed by atoms with Crippen LogP contribution in [0.2, 0.25) is 0 Å². The molecule has 0 saturated carbocycles. The van der Waals surface area contributed by atoms with Gasteiger partial charge in [0, 0.05) is 18.8 Å². The van der Waals surface area contributed by atoms with E-state index < -0.39 is 47.9 Å². The number of halogens is 2. The molecule has 3 N–H and O–H groups in total. The van der Waals surface area contributed by atoms with Crippen molar-refractivity contribution in [2.75, 3.05) is 0 Å². The lowest BCUT2D eigenvalue weighted by Crippen LogP contribution is -2.48. The molecular weight excluding hydrogens is 494 g/mol. The first-order valence-electron chi connectivity index (χ1n) is 12.2. The van der Waals surface area contributed by atoms with Crippen LogP contribution in [-0.2, 0) is 16.6 Å². The summed E-state index contributed by atoms with van der Waals surface area (Å²) in [6, 6.07) is 5.51. The molecule has 0 aliphatic carbocycles. The van der Waals surface area contributed by atoms with Crippen molar-refractivity contribution < 1.29 is 28.3 Å². The highest BCUT2D eigenvalue weighted by Gasteiger charge is 2.29. The maximum absolute atomic E-state index is 15.1. The molecule has 0 aliphatic heterocycles. The Hall–Kier alpha value is -4.08. The van der Waals surface area contributed by atoms with Gasteiger partial charge >= 0.3 is 5.97 Å². The summed E-state index contributed by atoms with van der Waals surface area (Å²) in [4.78, 5) is 37.7. The lowest BCUT2D eigenvalue weighted by atomic mass is 9.92. The SMILES string of the molecule is Cc1cccc(C)c1-c1cc(F)c(F)c([C@H](CC(=O)O)NC(=O)[C@H](CC(C)C)NC(=O)c2cnn(C)c2)c1. The number of aliphatic carboxylic acids is 1. The van der Waals surface area contributed by atoms with Crippen LogP contribution in [0.3, 0.4) is 0 Å². The Morgan fingerprint density at radius 2 is 1.74 bits per heavy atom. The molecule has 0 spiro atoms. The van der Waals surface area contributed by atoms with E-state index >= 15 is 4.39 Å². The van der Waals surface area contributed by atoms with Gasteiger partial charge < -0.3 is 15.7 Å². The van der Waals surface area contributed by atoms with Crippen molar-refractivity contribution in [2.45, 2.75) is 52.6 Å². The third-order valence-electron chi connectivity index (χ3n) is 6.19. The third kappa shape index (κ3) is 6.81. The van der Waals surface area contributed by atoms with E-state index in [-0.39, 0.29) is 23.5 Å². The zero-order chi connectivity index (χ0) is 28.1. The number of carbonyl (C=O) groups excluding carboxylic acids is 2. The first kappa shape index (κ1) is 28.5. The maximum atomic E-state index is 15.1. The lowest BCUT2D eigenvalue weighted by molar-refractivity contribution is -0.137. The van der Waals surface area contributed by atoms with Crippen molar-refractivity contribution in [1.29, 1.82) is 0 Å². The predicted molar refractivity (Wildman–Crippen MR) is 138 cm³/mol. The second-order valence-electron chi connectivity index (χ2n) is 9.85.